The first-order valence-electron chi connectivity index (χ1n) is 8.09. The molecule has 0 saturated carbocycles. The number of carbonyl (C=O) groups is 1. The van der Waals surface area contributed by atoms with E-state index in [0.29, 0.717) is 30.2 Å². The Hall–Kier alpha value is -3.08. The molecular weight excluding hydrogens is 316 g/mol. The highest BCUT2D eigenvalue weighted by atomic mass is 16.5. The zero-order valence-electron chi connectivity index (χ0n) is 14.3. The fraction of sp³-hybridized carbons (Fsp3) is 0.200. The summed E-state index contributed by atoms with van der Waals surface area (Å²) in [7, 11) is 1.58. The first-order valence-corrected chi connectivity index (χ1v) is 8.09. The number of methoxy groups -OCH3 is 1. The van der Waals surface area contributed by atoms with Crippen molar-refractivity contribution in [2.75, 3.05) is 13.7 Å². The predicted molar refractivity (Wildman–Crippen MR) is 95.7 cm³/mol. The summed E-state index contributed by atoms with van der Waals surface area (Å²) in [6.45, 7) is 2.52. The van der Waals surface area contributed by atoms with Gasteiger partial charge in [-0.05, 0) is 37.3 Å². The first-order chi connectivity index (χ1) is 12.2. The van der Waals surface area contributed by atoms with Gasteiger partial charge in [-0.1, -0.05) is 23.8 Å². The van der Waals surface area contributed by atoms with Crippen LogP contribution in [0.25, 0.3) is 11.5 Å². The maximum Gasteiger partial charge on any atom is 0.251 e. The molecule has 0 saturated heterocycles. The second-order valence-corrected chi connectivity index (χ2v) is 5.75. The van der Waals surface area contributed by atoms with Gasteiger partial charge in [0.05, 0.1) is 12.8 Å². The molecule has 128 valence electrons. The molecule has 0 aliphatic rings. The molecule has 3 aromatic rings. The van der Waals surface area contributed by atoms with Crippen molar-refractivity contribution in [1.29, 1.82) is 0 Å². The molecule has 0 unspecified atom stereocenters. The van der Waals surface area contributed by atoms with Gasteiger partial charge >= 0.3 is 0 Å². The zero-order valence-corrected chi connectivity index (χ0v) is 14.3. The fourth-order valence-electron chi connectivity index (χ4n) is 2.42. The number of hydrogen-bond acceptors (Lipinski definition) is 4. The second kappa shape index (κ2) is 7.66. The van der Waals surface area contributed by atoms with E-state index in [1.807, 2.05) is 31.2 Å². The van der Waals surface area contributed by atoms with Crippen LogP contribution in [0.5, 0.6) is 5.75 Å². The summed E-state index contributed by atoms with van der Waals surface area (Å²) in [5.74, 6) is 1.11. The Labute approximate surface area is 146 Å². The van der Waals surface area contributed by atoms with E-state index in [9.17, 15) is 4.79 Å². The van der Waals surface area contributed by atoms with Gasteiger partial charge in [-0.3, -0.25) is 4.79 Å². The van der Waals surface area contributed by atoms with Crippen molar-refractivity contribution >= 4 is 5.91 Å². The number of nitrogens with one attached hydrogen (secondary N) is 1. The minimum atomic E-state index is -0.138. The highest BCUT2D eigenvalue weighted by Crippen LogP contribution is 2.19. The van der Waals surface area contributed by atoms with Crippen LogP contribution in [0.4, 0.5) is 0 Å². The van der Waals surface area contributed by atoms with Crippen molar-refractivity contribution in [1.82, 2.24) is 10.3 Å². The molecule has 0 fully saturated rings. The Balaban J connectivity index is 1.55. The Kier molecular flexibility index (Phi) is 5.14. The highest BCUT2D eigenvalue weighted by Gasteiger charge is 2.09. The van der Waals surface area contributed by atoms with E-state index in [2.05, 4.69) is 10.3 Å². The molecule has 0 atom stereocenters. The minimum absolute atomic E-state index is 0.138. The van der Waals surface area contributed by atoms with Gasteiger partial charge < -0.3 is 14.5 Å². The lowest BCUT2D eigenvalue weighted by Gasteiger charge is -2.05. The second-order valence-electron chi connectivity index (χ2n) is 5.75. The summed E-state index contributed by atoms with van der Waals surface area (Å²) < 4.78 is 10.7. The lowest BCUT2D eigenvalue weighted by molar-refractivity contribution is 0.0953. The molecule has 3 rings (SSSR count). The van der Waals surface area contributed by atoms with Crippen LogP contribution in [0.15, 0.2) is 59.2 Å². The molecule has 1 amide bonds. The SMILES string of the molecule is COc1cccc(C(=O)NCCc2coc(-c3ccc(C)cc3)n2)c1. The van der Waals surface area contributed by atoms with E-state index in [0.717, 1.165) is 11.3 Å². The van der Waals surface area contributed by atoms with E-state index in [-0.39, 0.29) is 5.91 Å². The van der Waals surface area contributed by atoms with Crippen molar-refractivity contribution in [3.8, 4) is 17.2 Å². The summed E-state index contributed by atoms with van der Waals surface area (Å²) in [5.41, 5.74) is 3.51. The van der Waals surface area contributed by atoms with Gasteiger partial charge in [-0.15, -0.1) is 0 Å². The molecular formula is C20H20N2O3. The summed E-state index contributed by atoms with van der Waals surface area (Å²) in [6, 6.07) is 15.1. The smallest absolute Gasteiger partial charge is 0.251 e. The average molecular weight is 336 g/mol. The Morgan fingerprint density at radius 1 is 1.20 bits per heavy atom. The van der Waals surface area contributed by atoms with E-state index >= 15 is 0 Å². The summed E-state index contributed by atoms with van der Waals surface area (Å²) in [6.07, 6.45) is 2.23. The van der Waals surface area contributed by atoms with Crippen LogP contribution in [0.3, 0.4) is 0 Å². The molecule has 25 heavy (non-hydrogen) atoms. The van der Waals surface area contributed by atoms with E-state index in [1.54, 1.807) is 37.6 Å². The van der Waals surface area contributed by atoms with E-state index < -0.39 is 0 Å². The first kappa shape index (κ1) is 16.8. The topological polar surface area (TPSA) is 64.4 Å². The molecule has 5 heteroatoms. The van der Waals surface area contributed by atoms with Gasteiger partial charge in [-0.25, -0.2) is 4.98 Å². The van der Waals surface area contributed by atoms with Crippen molar-refractivity contribution in [3.05, 3.63) is 71.6 Å². The maximum absolute atomic E-state index is 12.2. The zero-order chi connectivity index (χ0) is 17.6. The molecule has 0 radical (unpaired) electrons. The third-order valence-electron chi connectivity index (χ3n) is 3.85. The molecule has 1 N–H and O–H groups in total. The van der Waals surface area contributed by atoms with Crippen LogP contribution in [-0.2, 0) is 6.42 Å². The van der Waals surface area contributed by atoms with Gasteiger partial charge in [0.15, 0.2) is 0 Å². The number of nitrogens with zero attached hydrogens (tertiary/aromatic N) is 1. The number of ether oxygens (including phenoxy) is 1. The number of hydrogen-bond donors (Lipinski definition) is 1. The fourth-order valence-corrected chi connectivity index (χ4v) is 2.42. The van der Waals surface area contributed by atoms with Crippen molar-refractivity contribution in [3.63, 3.8) is 0 Å². The number of oxazole rings is 1. The third-order valence-corrected chi connectivity index (χ3v) is 3.85. The van der Waals surface area contributed by atoms with E-state index in [4.69, 9.17) is 9.15 Å². The van der Waals surface area contributed by atoms with E-state index in [1.165, 1.54) is 5.56 Å². The number of amides is 1. The molecule has 2 aromatic carbocycles. The Bertz CT molecular complexity index is 853. The molecule has 0 bridgehead atoms. The lowest BCUT2D eigenvalue weighted by atomic mass is 10.1. The quantitative estimate of drug-likeness (QED) is 0.746. The highest BCUT2D eigenvalue weighted by molar-refractivity contribution is 5.94. The minimum Gasteiger partial charge on any atom is -0.497 e. The van der Waals surface area contributed by atoms with Crippen LogP contribution >= 0.6 is 0 Å². The van der Waals surface area contributed by atoms with Gasteiger partial charge in [0.2, 0.25) is 5.89 Å². The number of carbonyl (C=O) groups excluding carboxylic acids is 1. The van der Waals surface area contributed by atoms with Gasteiger partial charge in [0.25, 0.3) is 5.91 Å². The molecule has 1 heterocycles. The van der Waals surface area contributed by atoms with Crippen LogP contribution < -0.4 is 10.1 Å². The van der Waals surface area contributed by atoms with Crippen molar-refractivity contribution < 1.29 is 13.9 Å². The van der Waals surface area contributed by atoms with Crippen LogP contribution in [0.1, 0.15) is 21.6 Å². The number of aromatic nitrogens is 1. The molecule has 0 aliphatic carbocycles. The third kappa shape index (κ3) is 4.26. The predicted octanol–water partition coefficient (Wildman–Crippen LogP) is 3.63. The van der Waals surface area contributed by atoms with Crippen LogP contribution in [-0.4, -0.2) is 24.5 Å². The summed E-state index contributed by atoms with van der Waals surface area (Å²) in [4.78, 5) is 16.6. The average Bonchev–Trinajstić information content (AvgIpc) is 3.11. The maximum atomic E-state index is 12.2. The van der Waals surface area contributed by atoms with Crippen LogP contribution in [0, 0.1) is 6.92 Å². The summed E-state index contributed by atoms with van der Waals surface area (Å²) in [5, 5.41) is 2.88. The number of rotatable bonds is 6. The standard InChI is InChI=1S/C20H20N2O3/c1-14-6-8-15(9-7-14)20-22-17(13-25-20)10-11-21-19(23)16-4-3-5-18(12-16)24-2/h3-9,12-13H,10-11H2,1-2H3,(H,21,23). The Morgan fingerprint density at radius 2 is 2.00 bits per heavy atom. The van der Waals surface area contributed by atoms with Gasteiger partial charge in [0.1, 0.15) is 12.0 Å². The Morgan fingerprint density at radius 3 is 2.76 bits per heavy atom. The molecule has 5 nitrogen and oxygen atoms in total. The number of benzene rings is 2. The number of aryl methyl sites for hydroxylation is 1. The van der Waals surface area contributed by atoms with Crippen LogP contribution in [0.2, 0.25) is 0 Å². The largest absolute Gasteiger partial charge is 0.497 e. The van der Waals surface area contributed by atoms with Gasteiger partial charge in [0, 0.05) is 24.1 Å². The molecule has 0 spiro atoms. The van der Waals surface area contributed by atoms with Crippen molar-refractivity contribution in [2.45, 2.75) is 13.3 Å². The summed E-state index contributed by atoms with van der Waals surface area (Å²) >= 11 is 0. The lowest BCUT2D eigenvalue weighted by Crippen LogP contribution is -2.25. The molecule has 1 aromatic heterocycles. The normalized spacial score (nSPS) is 10.5. The molecule has 0 aliphatic heterocycles. The van der Waals surface area contributed by atoms with Crippen molar-refractivity contribution in [2.24, 2.45) is 0 Å². The monoisotopic (exact) mass is 336 g/mol. The van der Waals surface area contributed by atoms with Gasteiger partial charge in [-0.2, -0.15) is 0 Å².